The number of anilines is 1. The number of ether oxygens (including phenoxy) is 2. The second-order valence-corrected chi connectivity index (χ2v) is 8.60. The van der Waals surface area contributed by atoms with Gasteiger partial charge >= 0.3 is 12.2 Å². The minimum Gasteiger partial charge on any atom is -0.449 e. The predicted octanol–water partition coefficient (Wildman–Crippen LogP) is 4.41. The quantitative estimate of drug-likeness (QED) is 0.201. The van der Waals surface area contributed by atoms with Crippen LogP contribution in [0.3, 0.4) is 0 Å². The first-order valence-electron chi connectivity index (χ1n) is 12.2. The SMILES string of the molecule is CCCOC(=O)N(C(=O)OCC)c1ncn(-c2ccc(OSOCC)c(-c3nc4cc(C)cnc4n3C)n2)n1. The maximum absolute atomic E-state index is 12.6. The van der Waals surface area contributed by atoms with Gasteiger partial charge in [-0.1, -0.05) is 6.92 Å². The van der Waals surface area contributed by atoms with Crippen LogP contribution in [-0.4, -0.2) is 66.3 Å². The molecule has 14 nitrogen and oxygen atoms in total. The Hall–Kier alpha value is -4.24. The van der Waals surface area contributed by atoms with Crippen molar-refractivity contribution >= 4 is 41.6 Å². The number of imidazole rings is 1. The van der Waals surface area contributed by atoms with Crippen molar-refractivity contribution in [3.05, 3.63) is 36.3 Å². The van der Waals surface area contributed by atoms with Crippen molar-refractivity contribution in [1.29, 1.82) is 0 Å². The molecule has 0 aliphatic rings. The average Bonchev–Trinajstić information content (AvgIpc) is 3.52. The molecule has 15 heteroatoms. The van der Waals surface area contributed by atoms with Gasteiger partial charge in [0.2, 0.25) is 12.3 Å². The van der Waals surface area contributed by atoms with Crippen molar-refractivity contribution in [1.82, 2.24) is 34.3 Å². The second-order valence-electron chi connectivity index (χ2n) is 8.06. The van der Waals surface area contributed by atoms with Gasteiger partial charge < -0.3 is 18.2 Å². The van der Waals surface area contributed by atoms with E-state index in [4.69, 9.17) is 27.8 Å². The summed E-state index contributed by atoms with van der Waals surface area (Å²) in [5.74, 6) is 0.976. The van der Waals surface area contributed by atoms with Crippen molar-refractivity contribution < 1.29 is 27.4 Å². The van der Waals surface area contributed by atoms with E-state index in [2.05, 4.69) is 15.1 Å². The van der Waals surface area contributed by atoms with Gasteiger partial charge in [-0.2, -0.15) is 4.98 Å². The lowest BCUT2D eigenvalue weighted by atomic mass is 10.3. The van der Waals surface area contributed by atoms with Crippen LogP contribution in [-0.2, 0) is 20.7 Å². The van der Waals surface area contributed by atoms with Gasteiger partial charge in [-0.05, 0) is 51.0 Å². The fourth-order valence-corrected chi connectivity index (χ4v) is 3.79. The molecule has 0 bridgehead atoms. The van der Waals surface area contributed by atoms with E-state index in [1.807, 2.05) is 33.9 Å². The second kappa shape index (κ2) is 12.5. The smallest absolute Gasteiger partial charge is 0.426 e. The Morgan fingerprint density at radius 3 is 2.59 bits per heavy atom. The van der Waals surface area contributed by atoms with Crippen molar-refractivity contribution in [2.24, 2.45) is 7.05 Å². The van der Waals surface area contributed by atoms with Crippen LogP contribution in [0.1, 0.15) is 32.8 Å². The predicted molar refractivity (Wildman–Crippen MR) is 142 cm³/mol. The minimum atomic E-state index is -0.954. The summed E-state index contributed by atoms with van der Waals surface area (Å²) in [5, 5.41) is 4.29. The summed E-state index contributed by atoms with van der Waals surface area (Å²) < 4.78 is 24.3. The third kappa shape index (κ3) is 6.09. The van der Waals surface area contributed by atoms with Gasteiger partial charge in [-0.15, -0.1) is 10.00 Å². The first-order valence-corrected chi connectivity index (χ1v) is 12.9. The molecule has 39 heavy (non-hydrogen) atoms. The van der Waals surface area contributed by atoms with Crippen LogP contribution in [0.2, 0.25) is 0 Å². The van der Waals surface area contributed by atoms with Gasteiger partial charge in [-0.25, -0.2) is 29.2 Å². The fourth-order valence-electron chi connectivity index (χ4n) is 3.44. The monoisotopic (exact) mass is 556 g/mol. The molecule has 0 N–H and O–H groups in total. The van der Waals surface area contributed by atoms with Crippen molar-refractivity contribution in [3.8, 4) is 23.1 Å². The van der Waals surface area contributed by atoms with Crippen molar-refractivity contribution in [2.75, 3.05) is 24.7 Å². The van der Waals surface area contributed by atoms with Gasteiger partial charge in [0, 0.05) is 13.2 Å². The first kappa shape index (κ1) is 27.8. The molecule has 206 valence electrons. The van der Waals surface area contributed by atoms with E-state index in [0.29, 0.717) is 52.2 Å². The van der Waals surface area contributed by atoms with Crippen molar-refractivity contribution in [2.45, 2.75) is 34.1 Å². The third-order valence-electron chi connectivity index (χ3n) is 5.17. The molecule has 4 heterocycles. The third-order valence-corrected chi connectivity index (χ3v) is 5.75. The zero-order valence-electron chi connectivity index (χ0n) is 22.2. The van der Waals surface area contributed by atoms with E-state index in [9.17, 15) is 9.59 Å². The number of fused-ring (bicyclic) bond motifs is 1. The van der Waals surface area contributed by atoms with E-state index in [0.717, 1.165) is 17.9 Å². The number of amides is 2. The van der Waals surface area contributed by atoms with E-state index < -0.39 is 12.2 Å². The normalized spacial score (nSPS) is 11.0. The Bertz CT molecular complexity index is 1470. The molecule has 0 aliphatic carbocycles. The number of hydrogen-bond acceptors (Lipinski definition) is 12. The molecule has 0 saturated carbocycles. The molecule has 0 aromatic carbocycles. The van der Waals surface area contributed by atoms with E-state index in [1.165, 1.54) is 11.0 Å². The highest BCUT2D eigenvalue weighted by molar-refractivity contribution is 7.90. The fraction of sp³-hybridized carbons (Fsp3) is 0.375. The molecule has 4 aromatic rings. The number of aromatic nitrogens is 7. The maximum atomic E-state index is 12.6. The summed E-state index contributed by atoms with van der Waals surface area (Å²) in [4.78, 5) is 43.8. The number of nitrogens with zero attached hydrogens (tertiary/aromatic N) is 8. The lowest BCUT2D eigenvalue weighted by Gasteiger charge is -2.16. The van der Waals surface area contributed by atoms with Gasteiger partial charge in [-0.3, -0.25) is 4.18 Å². The van der Waals surface area contributed by atoms with Crippen LogP contribution >= 0.6 is 12.3 Å². The van der Waals surface area contributed by atoms with Crippen LogP contribution < -0.4 is 9.08 Å². The van der Waals surface area contributed by atoms with Crippen LogP contribution in [0.15, 0.2) is 30.7 Å². The zero-order valence-corrected chi connectivity index (χ0v) is 23.0. The van der Waals surface area contributed by atoms with E-state index >= 15 is 0 Å². The molecule has 2 amide bonds. The number of carbonyl (C=O) groups excluding carboxylic acids is 2. The molecule has 4 rings (SSSR count). The molecule has 0 radical (unpaired) electrons. The standard InChI is InChI=1S/C24H28N8O6S/c1-6-11-36-24(34)32(23(33)35-7-2)22-26-14-31(29-22)18-10-9-17(38-39-37-8-3)19(28-18)21-27-16-12-15(4)13-25-20(16)30(21)5/h9-10,12-14H,6-8,11H2,1-5H3. The minimum absolute atomic E-state index is 0.0512. The number of rotatable bonds is 10. The van der Waals surface area contributed by atoms with E-state index in [-0.39, 0.29) is 19.2 Å². The lowest BCUT2D eigenvalue weighted by Crippen LogP contribution is -2.39. The Labute approximate surface area is 228 Å². The largest absolute Gasteiger partial charge is 0.449 e. The number of aryl methyl sites for hydroxylation is 2. The molecule has 0 atom stereocenters. The van der Waals surface area contributed by atoms with Crippen molar-refractivity contribution in [3.63, 3.8) is 0 Å². The molecule has 0 fully saturated rings. The number of pyridine rings is 2. The molecule has 0 aliphatic heterocycles. The average molecular weight is 557 g/mol. The number of carbonyl (C=O) groups is 2. The summed E-state index contributed by atoms with van der Waals surface area (Å²) in [6, 6.07) is 5.25. The van der Waals surface area contributed by atoms with Gasteiger partial charge in [0.15, 0.2) is 28.7 Å². The number of imide groups is 1. The summed E-state index contributed by atoms with van der Waals surface area (Å²) in [5.41, 5.74) is 2.72. The molecule has 4 aromatic heterocycles. The topological polar surface area (TPSA) is 149 Å². The highest BCUT2D eigenvalue weighted by Crippen LogP contribution is 2.32. The van der Waals surface area contributed by atoms with Crippen LogP contribution in [0.5, 0.6) is 5.75 Å². The van der Waals surface area contributed by atoms with Crippen LogP contribution in [0, 0.1) is 6.92 Å². The molecule has 0 saturated heterocycles. The maximum Gasteiger partial charge on any atom is 0.426 e. The van der Waals surface area contributed by atoms with Gasteiger partial charge in [0.25, 0.3) is 5.95 Å². The lowest BCUT2D eigenvalue weighted by molar-refractivity contribution is 0.136. The zero-order chi connectivity index (χ0) is 27.9. The van der Waals surface area contributed by atoms with Crippen LogP contribution in [0.4, 0.5) is 15.5 Å². The van der Waals surface area contributed by atoms with Gasteiger partial charge in [0.1, 0.15) is 11.8 Å². The summed E-state index contributed by atoms with van der Waals surface area (Å²) >= 11 is 0.821. The molecule has 0 spiro atoms. The molecular formula is C24H28N8O6S. The molecular weight excluding hydrogens is 528 g/mol. The summed E-state index contributed by atoms with van der Waals surface area (Å²) in [7, 11) is 1.83. The molecule has 0 unspecified atom stereocenters. The Morgan fingerprint density at radius 2 is 1.85 bits per heavy atom. The van der Waals surface area contributed by atoms with Gasteiger partial charge in [0.05, 0.1) is 19.8 Å². The Morgan fingerprint density at radius 1 is 1.05 bits per heavy atom. The highest BCUT2D eigenvalue weighted by atomic mass is 32.2. The van der Waals surface area contributed by atoms with Crippen LogP contribution in [0.25, 0.3) is 28.5 Å². The Kier molecular flexibility index (Phi) is 8.93. The summed E-state index contributed by atoms with van der Waals surface area (Å²) in [6.07, 6.45) is 1.75. The number of hydrogen-bond donors (Lipinski definition) is 0. The Balaban J connectivity index is 1.75. The first-order chi connectivity index (χ1) is 18.9. The highest BCUT2D eigenvalue weighted by Gasteiger charge is 2.30. The van der Waals surface area contributed by atoms with E-state index in [1.54, 1.807) is 29.8 Å². The summed E-state index contributed by atoms with van der Waals surface area (Å²) in [6.45, 7) is 7.85.